The predicted octanol–water partition coefficient (Wildman–Crippen LogP) is -2.26. The van der Waals surface area contributed by atoms with Crippen LogP contribution in [0.3, 0.4) is 0 Å². The Bertz CT molecular complexity index is 402. The maximum atomic E-state index is 5.28. The van der Waals surface area contributed by atoms with Crippen molar-refractivity contribution in [1.29, 1.82) is 0 Å². The number of aromatic nitrogens is 2. The lowest BCUT2D eigenvalue weighted by molar-refractivity contribution is -0.510. The third-order valence-electron chi connectivity index (χ3n) is 1.76. The minimum atomic E-state index is 0. The van der Waals surface area contributed by atoms with Crippen molar-refractivity contribution in [3.63, 3.8) is 0 Å². The number of hydrogen-bond donors (Lipinski definition) is 1. The number of pyridine rings is 1. The van der Waals surface area contributed by atoms with E-state index in [-0.39, 0.29) is 19.2 Å². The van der Waals surface area contributed by atoms with Gasteiger partial charge in [0.25, 0.3) is 5.65 Å². The van der Waals surface area contributed by atoms with Crippen LogP contribution in [0, 0.1) is 0 Å². The Balaban J connectivity index is 0.000000980. The van der Waals surface area contributed by atoms with Gasteiger partial charge in [-0.25, -0.2) is 4.98 Å². The molecule has 5 heteroatoms. The van der Waals surface area contributed by atoms with Gasteiger partial charge in [-0.1, -0.05) is 0 Å². The summed E-state index contributed by atoms with van der Waals surface area (Å²) in [6.07, 6.45) is 5.69. The van der Waals surface area contributed by atoms with Gasteiger partial charge in [-0.05, 0) is 6.07 Å². The SMILES string of the molecule is COCOc1ccc2[nH]cc[n+]2c1.[Cl-]. The zero-order chi connectivity index (χ0) is 9.10. The highest BCUT2D eigenvalue weighted by Crippen LogP contribution is 2.07. The Labute approximate surface area is 87.9 Å². The molecule has 0 saturated carbocycles. The summed E-state index contributed by atoms with van der Waals surface area (Å²) in [5.74, 6) is 0.791. The van der Waals surface area contributed by atoms with E-state index >= 15 is 0 Å². The highest BCUT2D eigenvalue weighted by molar-refractivity contribution is 5.31. The van der Waals surface area contributed by atoms with Gasteiger partial charge in [0.15, 0.2) is 12.5 Å². The average Bonchev–Trinajstić information content (AvgIpc) is 2.61. The number of H-pyrrole nitrogens is 1. The topological polar surface area (TPSA) is 38.4 Å². The largest absolute Gasteiger partial charge is 1.00 e. The number of halogens is 1. The minimum Gasteiger partial charge on any atom is -1.00 e. The van der Waals surface area contributed by atoms with Crippen LogP contribution in [0.25, 0.3) is 5.65 Å². The van der Waals surface area contributed by atoms with Crippen LogP contribution in [0.1, 0.15) is 0 Å². The van der Waals surface area contributed by atoms with Gasteiger partial charge in [0.2, 0.25) is 0 Å². The molecule has 0 fully saturated rings. The third kappa shape index (κ3) is 2.16. The fourth-order valence-corrected chi connectivity index (χ4v) is 1.16. The van der Waals surface area contributed by atoms with Gasteiger partial charge in [-0.15, -0.1) is 0 Å². The molecule has 0 atom stereocenters. The molecule has 0 aliphatic rings. The molecular formula is C9H11ClN2O2. The van der Waals surface area contributed by atoms with E-state index in [9.17, 15) is 0 Å². The van der Waals surface area contributed by atoms with Crippen molar-refractivity contribution in [1.82, 2.24) is 4.98 Å². The number of hydrogen-bond acceptors (Lipinski definition) is 2. The first-order valence-corrected chi connectivity index (χ1v) is 4.00. The summed E-state index contributed by atoms with van der Waals surface area (Å²) in [5.41, 5.74) is 1.03. The van der Waals surface area contributed by atoms with Crippen LogP contribution in [0.2, 0.25) is 0 Å². The summed E-state index contributed by atoms with van der Waals surface area (Å²) in [6, 6.07) is 3.84. The molecule has 0 aliphatic heterocycles. The first-order chi connectivity index (χ1) is 6.40. The van der Waals surface area contributed by atoms with Gasteiger partial charge >= 0.3 is 0 Å². The molecular weight excluding hydrogens is 204 g/mol. The molecule has 14 heavy (non-hydrogen) atoms. The van der Waals surface area contributed by atoms with Gasteiger partial charge in [-0.2, -0.15) is 4.40 Å². The van der Waals surface area contributed by atoms with Gasteiger partial charge in [0, 0.05) is 13.2 Å². The lowest BCUT2D eigenvalue weighted by Crippen LogP contribution is -3.00. The fourth-order valence-electron chi connectivity index (χ4n) is 1.16. The van der Waals surface area contributed by atoms with E-state index in [1.165, 1.54) is 0 Å². The molecule has 2 rings (SSSR count). The van der Waals surface area contributed by atoms with Crippen LogP contribution in [-0.4, -0.2) is 18.9 Å². The number of rotatable bonds is 3. The van der Waals surface area contributed by atoms with Gasteiger partial charge in [0.1, 0.15) is 18.6 Å². The Morgan fingerprint density at radius 1 is 1.43 bits per heavy atom. The van der Waals surface area contributed by atoms with E-state index in [4.69, 9.17) is 9.47 Å². The second-order valence-corrected chi connectivity index (χ2v) is 2.67. The predicted molar refractivity (Wildman–Crippen MR) is 46.5 cm³/mol. The summed E-state index contributed by atoms with van der Waals surface area (Å²) in [7, 11) is 1.60. The first-order valence-electron chi connectivity index (χ1n) is 4.00. The second kappa shape index (κ2) is 4.83. The summed E-state index contributed by atoms with van der Waals surface area (Å²) in [4.78, 5) is 3.08. The summed E-state index contributed by atoms with van der Waals surface area (Å²) < 4.78 is 12.0. The number of imidazole rings is 1. The smallest absolute Gasteiger partial charge is 0.284 e. The second-order valence-electron chi connectivity index (χ2n) is 2.67. The van der Waals surface area contributed by atoms with Crippen molar-refractivity contribution in [2.45, 2.75) is 0 Å². The molecule has 0 radical (unpaired) electrons. The molecule has 0 aromatic carbocycles. The molecule has 76 valence electrons. The molecule has 2 heterocycles. The van der Waals surface area contributed by atoms with E-state index in [1.54, 1.807) is 7.11 Å². The molecule has 4 nitrogen and oxygen atoms in total. The van der Waals surface area contributed by atoms with Crippen LogP contribution in [-0.2, 0) is 4.74 Å². The van der Waals surface area contributed by atoms with Crippen LogP contribution in [0.4, 0.5) is 0 Å². The summed E-state index contributed by atoms with van der Waals surface area (Å²) in [5, 5.41) is 0. The number of aromatic amines is 1. The molecule has 0 aliphatic carbocycles. The van der Waals surface area contributed by atoms with Crippen molar-refractivity contribution in [3.05, 3.63) is 30.7 Å². The summed E-state index contributed by atoms with van der Waals surface area (Å²) >= 11 is 0. The number of nitrogens with zero attached hydrogens (tertiary/aromatic N) is 1. The quantitative estimate of drug-likeness (QED) is 0.463. The number of fused-ring (bicyclic) bond motifs is 1. The minimum absolute atomic E-state index is 0. The van der Waals surface area contributed by atoms with Crippen molar-refractivity contribution >= 4 is 5.65 Å². The monoisotopic (exact) mass is 214 g/mol. The molecule has 0 bridgehead atoms. The van der Waals surface area contributed by atoms with E-state index in [1.807, 2.05) is 35.1 Å². The normalized spacial score (nSPS) is 9.79. The van der Waals surface area contributed by atoms with Crippen molar-refractivity contribution < 1.29 is 26.3 Å². The molecule has 2 aromatic rings. The van der Waals surface area contributed by atoms with Crippen LogP contribution in [0.5, 0.6) is 5.75 Å². The lowest BCUT2D eigenvalue weighted by Gasteiger charge is -2.01. The van der Waals surface area contributed by atoms with Crippen molar-refractivity contribution in [2.75, 3.05) is 13.9 Å². The van der Waals surface area contributed by atoms with E-state index < -0.39 is 0 Å². The maximum absolute atomic E-state index is 5.28. The molecule has 0 spiro atoms. The molecule has 0 saturated heterocycles. The van der Waals surface area contributed by atoms with Crippen molar-refractivity contribution in [2.24, 2.45) is 0 Å². The number of ether oxygens (including phenoxy) is 2. The van der Waals surface area contributed by atoms with Crippen molar-refractivity contribution in [3.8, 4) is 5.75 Å². The maximum Gasteiger partial charge on any atom is 0.284 e. The Kier molecular flexibility index (Phi) is 3.73. The molecule has 0 amide bonds. The Morgan fingerprint density at radius 3 is 3.07 bits per heavy atom. The van der Waals surface area contributed by atoms with E-state index in [2.05, 4.69) is 4.98 Å². The van der Waals surface area contributed by atoms with Crippen LogP contribution in [0.15, 0.2) is 30.7 Å². The van der Waals surface area contributed by atoms with Gasteiger partial charge in [0.05, 0.1) is 0 Å². The van der Waals surface area contributed by atoms with Crippen LogP contribution < -0.4 is 21.5 Å². The highest BCUT2D eigenvalue weighted by atomic mass is 35.5. The van der Waals surface area contributed by atoms with E-state index in [0.29, 0.717) is 0 Å². The lowest BCUT2D eigenvalue weighted by atomic mass is 10.4. The van der Waals surface area contributed by atoms with Gasteiger partial charge < -0.3 is 21.9 Å². The number of methoxy groups -OCH3 is 1. The zero-order valence-electron chi connectivity index (χ0n) is 7.74. The Hall–Kier alpha value is -1.26. The Morgan fingerprint density at radius 2 is 2.29 bits per heavy atom. The van der Waals surface area contributed by atoms with Crippen LogP contribution >= 0.6 is 0 Å². The number of nitrogens with one attached hydrogen (secondary N) is 1. The summed E-state index contributed by atoms with van der Waals surface area (Å²) in [6.45, 7) is 0.274. The fraction of sp³-hybridized carbons (Fsp3) is 0.222. The molecule has 2 aromatic heterocycles. The molecule has 0 unspecified atom stereocenters. The first kappa shape index (κ1) is 10.8. The van der Waals surface area contributed by atoms with Gasteiger partial charge in [-0.3, -0.25) is 0 Å². The standard InChI is InChI=1S/C9H10N2O2.ClH/c1-12-7-13-8-2-3-9-10-4-5-11(9)6-8;/h2-6H,7H2,1H3;1H. The van der Waals surface area contributed by atoms with E-state index in [0.717, 1.165) is 11.4 Å². The highest BCUT2D eigenvalue weighted by Gasteiger charge is 2.02. The zero-order valence-corrected chi connectivity index (χ0v) is 8.49. The third-order valence-corrected chi connectivity index (χ3v) is 1.76. The molecule has 1 N–H and O–H groups in total. The average molecular weight is 215 g/mol.